The van der Waals surface area contributed by atoms with Gasteiger partial charge in [-0.25, -0.2) is 0 Å². The number of fused-ring (bicyclic) bond motifs is 10. The van der Waals surface area contributed by atoms with Gasteiger partial charge in [-0.1, -0.05) is 6.07 Å². The van der Waals surface area contributed by atoms with Gasteiger partial charge in [-0.2, -0.15) is 0 Å². The maximum atomic E-state index is 5.83. The Morgan fingerprint density at radius 1 is 0.474 bits per heavy atom. The van der Waals surface area contributed by atoms with E-state index in [9.17, 15) is 0 Å². The predicted octanol–water partition coefficient (Wildman–Crippen LogP) is 10.6. The zero-order valence-electron chi connectivity index (χ0n) is 30.8. The molecule has 0 fully saturated rings. The zero-order chi connectivity index (χ0) is 37.5. The van der Waals surface area contributed by atoms with Crippen LogP contribution in [-0.4, -0.2) is 27.8 Å². The Kier molecular flexibility index (Phi) is 7.28. The summed E-state index contributed by atoms with van der Waals surface area (Å²) >= 11 is -1.82. The Hall–Kier alpha value is -6.60. The fourth-order valence-corrected chi connectivity index (χ4v) is 21.1. The fourth-order valence-electron chi connectivity index (χ4n) is 9.52. The van der Waals surface area contributed by atoms with Gasteiger partial charge in [0.25, 0.3) is 0 Å². The second-order valence-electron chi connectivity index (χ2n) is 14.8. The third-order valence-electron chi connectivity index (χ3n) is 11.9. The first kappa shape index (κ1) is 32.6. The summed E-state index contributed by atoms with van der Waals surface area (Å²) in [6.45, 7) is 0. The molecule has 8 aromatic carbocycles. The molecule has 0 N–H and O–H groups in total. The van der Waals surface area contributed by atoms with E-state index in [0.717, 1.165) is 28.3 Å². The van der Waals surface area contributed by atoms with Crippen LogP contribution in [0.25, 0.3) is 81.4 Å². The van der Waals surface area contributed by atoms with E-state index in [0.29, 0.717) is 0 Å². The number of hydrogen-bond acceptors (Lipinski definition) is 3. The Balaban J connectivity index is 1.17. The molecule has 0 amide bonds. The van der Waals surface area contributed by atoms with Crippen molar-refractivity contribution in [2.75, 3.05) is 0 Å². The minimum absolute atomic E-state index is 0.746. The standard InChI is InChI=1S/C52H33GeN3S/c1-4-17-34(18-5-1)49-48-41-26-10-13-28-43(41)53(36-20-6-2-7-21-36,37-22-8-3-9-23-37)51(48)55-52(54-49)35-19-16-24-38(33-35)56-44-29-14-11-25-39(44)40-31-32-46-47(50(40)56)42-27-12-15-30-45(42)57-46/h1-33H. The molecule has 0 aliphatic carbocycles. The van der Waals surface area contributed by atoms with Crippen LogP contribution >= 0.6 is 11.3 Å². The molecule has 0 saturated heterocycles. The molecule has 3 nitrogen and oxygen atoms in total. The second-order valence-corrected chi connectivity index (χ2v) is 23.6. The molecule has 3 aromatic heterocycles. The summed E-state index contributed by atoms with van der Waals surface area (Å²) in [5, 5.41) is 5.10. The molecule has 4 heterocycles. The van der Waals surface area contributed by atoms with E-state index in [4.69, 9.17) is 9.97 Å². The van der Waals surface area contributed by atoms with Gasteiger partial charge in [-0.3, -0.25) is 0 Å². The van der Waals surface area contributed by atoms with Crippen molar-refractivity contribution in [2.45, 2.75) is 0 Å². The molecule has 1 aliphatic rings. The summed E-state index contributed by atoms with van der Waals surface area (Å²) in [7, 11) is 0. The molecule has 0 unspecified atom stereocenters. The van der Waals surface area contributed by atoms with E-state index < -0.39 is 13.3 Å². The molecule has 0 bridgehead atoms. The molecule has 0 spiro atoms. The molecular weight excluding hydrogens is 771 g/mol. The fraction of sp³-hybridized carbons (Fsp3) is 0. The van der Waals surface area contributed by atoms with Gasteiger partial charge in [0.15, 0.2) is 0 Å². The molecule has 0 atom stereocenters. The van der Waals surface area contributed by atoms with Gasteiger partial charge in [-0.15, -0.1) is 0 Å². The van der Waals surface area contributed by atoms with Crippen LogP contribution in [0.4, 0.5) is 0 Å². The van der Waals surface area contributed by atoms with Crippen molar-refractivity contribution >= 4 is 84.3 Å². The van der Waals surface area contributed by atoms with E-state index in [1.54, 1.807) is 0 Å². The third kappa shape index (κ3) is 4.72. The normalized spacial score (nSPS) is 13.1. The average molecular weight is 805 g/mol. The van der Waals surface area contributed by atoms with Gasteiger partial charge in [0.1, 0.15) is 0 Å². The van der Waals surface area contributed by atoms with E-state index in [1.165, 1.54) is 70.8 Å². The zero-order valence-corrected chi connectivity index (χ0v) is 33.7. The molecule has 57 heavy (non-hydrogen) atoms. The first-order chi connectivity index (χ1) is 28.3. The average Bonchev–Trinajstić information content (AvgIpc) is 3.93. The van der Waals surface area contributed by atoms with Gasteiger partial charge < -0.3 is 0 Å². The van der Waals surface area contributed by atoms with Crippen LogP contribution in [0, 0.1) is 0 Å². The van der Waals surface area contributed by atoms with Gasteiger partial charge in [-0.05, 0) is 0 Å². The van der Waals surface area contributed by atoms with Crippen molar-refractivity contribution in [3.05, 3.63) is 200 Å². The summed E-state index contributed by atoms with van der Waals surface area (Å²) in [5.74, 6) is 0.746. The summed E-state index contributed by atoms with van der Waals surface area (Å²) in [6, 6.07) is 73.2. The van der Waals surface area contributed by atoms with Crippen molar-refractivity contribution in [1.82, 2.24) is 14.5 Å². The minimum atomic E-state index is -3.68. The third-order valence-corrected chi connectivity index (χ3v) is 22.9. The van der Waals surface area contributed by atoms with Crippen molar-refractivity contribution in [2.24, 2.45) is 0 Å². The molecular formula is C52H33GeN3S. The van der Waals surface area contributed by atoms with E-state index >= 15 is 0 Å². The van der Waals surface area contributed by atoms with Crippen LogP contribution in [0.1, 0.15) is 0 Å². The van der Waals surface area contributed by atoms with Gasteiger partial charge >= 0.3 is 332 Å². The number of aromatic nitrogens is 3. The first-order valence-corrected chi connectivity index (χ1v) is 24.4. The topological polar surface area (TPSA) is 30.7 Å². The van der Waals surface area contributed by atoms with Gasteiger partial charge in [0, 0.05) is 0 Å². The summed E-state index contributed by atoms with van der Waals surface area (Å²) in [5.41, 5.74) is 9.00. The van der Waals surface area contributed by atoms with Crippen LogP contribution in [0.15, 0.2) is 200 Å². The Morgan fingerprint density at radius 3 is 1.91 bits per heavy atom. The Morgan fingerprint density at radius 2 is 1.12 bits per heavy atom. The van der Waals surface area contributed by atoms with E-state index in [1.807, 2.05) is 11.3 Å². The van der Waals surface area contributed by atoms with Crippen LogP contribution in [0.3, 0.4) is 0 Å². The number of benzene rings is 8. The maximum absolute atomic E-state index is 5.83. The van der Waals surface area contributed by atoms with E-state index in [2.05, 4.69) is 205 Å². The molecule has 0 saturated carbocycles. The Bertz CT molecular complexity index is 3310. The number of rotatable bonds is 5. The van der Waals surface area contributed by atoms with Crippen molar-refractivity contribution in [1.29, 1.82) is 0 Å². The second kappa shape index (κ2) is 12.7. The van der Waals surface area contributed by atoms with E-state index in [-0.39, 0.29) is 0 Å². The SMILES string of the molecule is c1ccc(-c2nc(-c3cccc(-n4c5ccccc5c5ccc6sc7ccccc7c6c54)c3)n[c]3c2-c2cccc[c]2[Ge]3([c]2ccccc2)[c]2ccccc2)cc1. The van der Waals surface area contributed by atoms with Crippen LogP contribution in [0.5, 0.6) is 0 Å². The van der Waals surface area contributed by atoms with Gasteiger partial charge in [0.05, 0.1) is 0 Å². The number of hydrogen-bond donors (Lipinski definition) is 0. The predicted molar refractivity (Wildman–Crippen MR) is 243 cm³/mol. The summed E-state index contributed by atoms with van der Waals surface area (Å²) < 4.78 is 10.4. The van der Waals surface area contributed by atoms with Crippen molar-refractivity contribution in [3.63, 3.8) is 0 Å². The van der Waals surface area contributed by atoms with Crippen LogP contribution in [0.2, 0.25) is 0 Å². The van der Waals surface area contributed by atoms with Crippen LogP contribution < -0.4 is 17.7 Å². The Labute approximate surface area is 336 Å². The molecule has 0 radical (unpaired) electrons. The van der Waals surface area contributed by atoms with Gasteiger partial charge in [0.2, 0.25) is 0 Å². The quantitative estimate of drug-likeness (QED) is 0.162. The molecule has 11 aromatic rings. The number of para-hydroxylation sites is 1. The summed E-state index contributed by atoms with van der Waals surface area (Å²) in [4.78, 5) is 11.4. The number of nitrogens with zero attached hydrogens (tertiary/aromatic N) is 3. The van der Waals surface area contributed by atoms with Crippen LogP contribution in [-0.2, 0) is 0 Å². The molecule has 5 heteroatoms. The first-order valence-electron chi connectivity index (χ1n) is 19.4. The van der Waals surface area contributed by atoms with Crippen molar-refractivity contribution < 1.29 is 0 Å². The number of thiophene rings is 1. The molecule has 12 rings (SSSR count). The molecule has 1 aliphatic heterocycles. The summed E-state index contributed by atoms with van der Waals surface area (Å²) in [6.07, 6.45) is 0. The molecule has 266 valence electrons. The van der Waals surface area contributed by atoms with Crippen molar-refractivity contribution in [3.8, 4) is 39.5 Å². The monoisotopic (exact) mass is 805 g/mol.